The van der Waals surface area contributed by atoms with Crippen LogP contribution in [0.5, 0.6) is 0 Å². The predicted molar refractivity (Wildman–Crippen MR) is 67.9 cm³/mol. The number of imide groups is 1. The van der Waals surface area contributed by atoms with Gasteiger partial charge in [-0.3, -0.25) is 10.1 Å². The van der Waals surface area contributed by atoms with Crippen LogP contribution in [-0.2, 0) is 4.79 Å². The van der Waals surface area contributed by atoms with Crippen molar-refractivity contribution < 1.29 is 14.3 Å². The van der Waals surface area contributed by atoms with Crippen LogP contribution in [0.1, 0.15) is 0 Å². The van der Waals surface area contributed by atoms with Gasteiger partial charge in [-0.2, -0.15) is 4.73 Å². The lowest BCUT2D eigenvalue weighted by Crippen LogP contribution is -2.40. The average molecular weight is 267 g/mol. The highest BCUT2D eigenvalue weighted by Crippen LogP contribution is 2.11. The summed E-state index contributed by atoms with van der Waals surface area (Å²) < 4.78 is 0.662. The molecule has 0 fully saturated rings. The fourth-order valence-corrected chi connectivity index (χ4v) is 1.75. The van der Waals surface area contributed by atoms with Crippen LogP contribution < -0.4 is 15.4 Å². The summed E-state index contributed by atoms with van der Waals surface area (Å²) in [7, 11) is 0. The first-order valence-corrected chi connectivity index (χ1v) is 6.11. The molecule has 2 N–H and O–H groups in total. The largest absolute Gasteiger partial charge is 0.618 e. The highest BCUT2D eigenvalue weighted by molar-refractivity contribution is 7.99. The Labute approximate surface area is 109 Å². The Morgan fingerprint density at radius 3 is 2.94 bits per heavy atom. The van der Waals surface area contributed by atoms with Crippen molar-refractivity contribution in [3.05, 3.63) is 42.3 Å². The first-order valence-electron chi connectivity index (χ1n) is 5.13. The SMILES string of the molecule is C=CCNC(=O)NC(=O)CSc1cccc[n+]1[O-]. The molecule has 96 valence electrons. The molecule has 0 saturated heterocycles. The van der Waals surface area contributed by atoms with Gasteiger partial charge in [0, 0.05) is 18.7 Å². The first kappa shape index (κ1) is 14.0. The normalized spacial score (nSPS) is 9.56. The van der Waals surface area contributed by atoms with Crippen LogP contribution in [0.4, 0.5) is 4.79 Å². The zero-order valence-electron chi connectivity index (χ0n) is 9.59. The van der Waals surface area contributed by atoms with Gasteiger partial charge in [0.1, 0.15) is 0 Å². The van der Waals surface area contributed by atoms with Gasteiger partial charge >= 0.3 is 6.03 Å². The number of aromatic nitrogens is 1. The van der Waals surface area contributed by atoms with Crippen LogP contribution in [0.15, 0.2) is 42.1 Å². The molecule has 0 spiro atoms. The van der Waals surface area contributed by atoms with E-state index in [0.717, 1.165) is 11.8 Å². The number of carbonyl (C=O) groups excluding carboxylic acids is 2. The molecule has 0 unspecified atom stereocenters. The highest BCUT2D eigenvalue weighted by Gasteiger charge is 2.10. The third-order valence-electron chi connectivity index (χ3n) is 1.80. The number of urea groups is 1. The van der Waals surface area contributed by atoms with E-state index >= 15 is 0 Å². The van der Waals surface area contributed by atoms with Gasteiger partial charge in [-0.05, 0) is 17.8 Å². The smallest absolute Gasteiger partial charge is 0.321 e. The molecule has 0 aliphatic rings. The molecular formula is C11H13N3O3S. The number of nitrogens with zero attached hydrogens (tertiary/aromatic N) is 1. The van der Waals surface area contributed by atoms with E-state index in [0.29, 0.717) is 9.76 Å². The quantitative estimate of drug-likeness (QED) is 0.350. The van der Waals surface area contributed by atoms with E-state index in [-0.39, 0.29) is 12.3 Å². The van der Waals surface area contributed by atoms with Crippen LogP contribution in [0, 0.1) is 5.21 Å². The topological polar surface area (TPSA) is 85.1 Å². The molecule has 0 aliphatic heterocycles. The minimum absolute atomic E-state index is 0.00619. The molecule has 3 amide bonds. The third kappa shape index (κ3) is 4.88. The molecule has 1 heterocycles. The van der Waals surface area contributed by atoms with Gasteiger partial charge in [-0.25, -0.2) is 4.79 Å². The van der Waals surface area contributed by atoms with Crippen molar-refractivity contribution >= 4 is 23.7 Å². The van der Waals surface area contributed by atoms with Gasteiger partial charge < -0.3 is 10.5 Å². The van der Waals surface area contributed by atoms with E-state index in [1.165, 1.54) is 12.3 Å². The number of hydrogen-bond donors (Lipinski definition) is 2. The summed E-state index contributed by atoms with van der Waals surface area (Å²) in [6, 6.07) is 4.32. The van der Waals surface area contributed by atoms with E-state index in [2.05, 4.69) is 17.2 Å². The maximum atomic E-state index is 11.4. The molecule has 0 atom stereocenters. The zero-order valence-corrected chi connectivity index (χ0v) is 10.4. The molecule has 0 bridgehead atoms. The molecule has 7 heteroatoms. The summed E-state index contributed by atoms with van der Waals surface area (Å²) in [6.45, 7) is 3.71. The third-order valence-corrected chi connectivity index (χ3v) is 2.82. The zero-order chi connectivity index (χ0) is 13.4. The van der Waals surface area contributed by atoms with Gasteiger partial charge in [0.05, 0.1) is 5.75 Å². The number of pyridine rings is 1. The van der Waals surface area contributed by atoms with Gasteiger partial charge in [0.15, 0.2) is 6.20 Å². The van der Waals surface area contributed by atoms with E-state index in [1.54, 1.807) is 18.2 Å². The second kappa shape index (κ2) is 7.33. The average Bonchev–Trinajstić information content (AvgIpc) is 2.35. The number of amides is 3. The fourth-order valence-electron chi connectivity index (χ4n) is 1.04. The number of hydrogen-bond acceptors (Lipinski definition) is 4. The lowest BCUT2D eigenvalue weighted by Gasteiger charge is -2.05. The fraction of sp³-hybridized carbons (Fsp3) is 0.182. The Kier molecular flexibility index (Phi) is 5.72. The van der Waals surface area contributed by atoms with E-state index in [1.807, 2.05) is 0 Å². The molecular weight excluding hydrogens is 254 g/mol. The van der Waals surface area contributed by atoms with E-state index in [4.69, 9.17) is 0 Å². The van der Waals surface area contributed by atoms with Crippen LogP contribution in [0.25, 0.3) is 0 Å². The predicted octanol–water partition coefficient (Wildman–Crippen LogP) is 0.424. The van der Waals surface area contributed by atoms with Gasteiger partial charge in [0.25, 0.3) is 5.03 Å². The summed E-state index contributed by atoms with van der Waals surface area (Å²) in [5, 5.41) is 16.2. The molecule has 0 aliphatic carbocycles. The number of rotatable bonds is 5. The van der Waals surface area contributed by atoms with E-state index < -0.39 is 11.9 Å². The number of thioether (sulfide) groups is 1. The summed E-state index contributed by atoms with van der Waals surface area (Å²) in [4.78, 5) is 22.5. The van der Waals surface area contributed by atoms with Crippen LogP contribution >= 0.6 is 11.8 Å². The Morgan fingerprint density at radius 2 is 2.28 bits per heavy atom. The Balaban J connectivity index is 2.35. The molecule has 0 aromatic carbocycles. The lowest BCUT2D eigenvalue weighted by atomic mass is 10.5. The lowest BCUT2D eigenvalue weighted by molar-refractivity contribution is -0.645. The first-order chi connectivity index (χ1) is 8.63. The summed E-state index contributed by atoms with van der Waals surface area (Å²) in [6.07, 6.45) is 2.85. The Bertz CT molecular complexity index is 451. The van der Waals surface area contributed by atoms with Crippen molar-refractivity contribution in [3.8, 4) is 0 Å². The van der Waals surface area contributed by atoms with Crippen molar-refractivity contribution in [1.29, 1.82) is 0 Å². The van der Waals surface area contributed by atoms with Crippen LogP contribution in [0.2, 0.25) is 0 Å². The van der Waals surface area contributed by atoms with Crippen molar-refractivity contribution in [1.82, 2.24) is 10.6 Å². The second-order valence-electron chi connectivity index (χ2n) is 3.20. The van der Waals surface area contributed by atoms with Crippen molar-refractivity contribution in [2.45, 2.75) is 5.03 Å². The minimum atomic E-state index is -0.580. The molecule has 18 heavy (non-hydrogen) atoms. The summed E-state index contributed by atoms with van der Waals surface area (Å²) in [5.41, 5.74) is 0. The summed E-state index contributed by atoms with van der Waals surface area (Å²) in [5.74, 6) is -0.473. The Morgan fingerprint density at radius 1 is 1.50 bits per heavy atom. The Hall–Kier alpha value is -2.02. The second-order valence-corrected chi connectivity index (χ2v) is 4.20. The van der Waals surface area contributed by atoms with Gasteiger partial charge in [-0.15, -0.1) is 6.58 Å². The molecule has 1 aromatic rings. The highest BCUT2D eigenvalue weighted by atomic mass is 32.2. The van der Waals surface area contributed by atoms with E-state index in [9.17, 15) is 14.8 Å². The standard InChI is InChI=1S/C11H13N3O3S/c1-2-6-12-11(16)13-9(15)8-18-10-5-3-4-7-14(10)17/h2-5,7H,1,6,8H2,(H2,12,13,15,16). The molecule has 6 nitrogen and oxygen atoms in total. The number of carbonyl (C=O) groups is 2. The molecule has 1 aromatic heterocycles. The molecule has 0 saturated carbocycles. The van der Waals surface area contributed by atoms with Gasteiger partial charge in [-0.1, -0.05) is 6.08 Å². The number of nitrogens with one attached hydrogen (secondary N) is 2. The maximum Gasteiger partial charge on any atom is 0.321 e. The van der Waals surface area contributed by atoms with Crippen molar-refractivity contribution in [2.24, 2.45) is 0 Å². The van der Waals surface area contributed by atoms with Crippen LogP contribution in [-0.4, -0.2) is 24.2 Å². The monoisotopic (exact) mass is 267 g/mol. The maximum absolute atomic E-state index is 11.4. The molecule has 0 radical (unpaired) electrons. The van der Waals surface area contributed by atoms with Crippen LogP contribution in [0.3, 0.4) is 0 Å². The minimum Gasteiger partial charge on any atom is -0.618 e. The van der Waals surface area contributed by atoms with Crippen molar-refractivity contribution in [3.63, 3.8) is 0 Å². The summed E-state index contributed by atoms with van der Waals surface area (Å²) >= 11 is 1.06. The van der Waals surface area contributed by atoms with Gasteiger partial charge in [0.2, 0.25) is 5.91 Å². The molecule has 1 rings (SSSR count). The van der Waals surface area contributed by atoms with Crippen molar-refractivity contribution in [2.75, 3.05) is 12.3 Å².